The fourth-order valence-corrected chi connectivity index (χ4v) is 3.55. The van der Waals surface area contributed by atoms with Gasteiger partial charge in [0.15, 0.2) is 0 Å². The standard InChI is InChI=1S/C13H16O3S/c1-15-10-5-3-9(4-6-10)11-7-17-8-12(11)13(14)16-2/h3-6,11-12H,7-8H2,1-2H3/t11-,12+/m0/s1. The minimum atomic E-state index is -0.101. The summed E-state index contributed by atoms with van der Waals surface area (Å²) in [4.78, 5) is 11.7. The van der Waals surface area contributed by atoms with Gasteiger partial charge in [0.1, 0.15) is 5.75 Å². The summed E-state index contributed by atoms with van der Waals surface area (Å²) in [5.74, 6) is 2.82. The van der Waals surface area contributed by atoms with Crippen LogP contribution in [0, 0.1) is 5.92 Å². The largest absolute Gasteiger partial charge is 0.497 e. The molecule has 1 saturated heterocycles. The number of carbonyl (C=O) groups excluding carboxylic acids is 1. The van der Waals surface area contributed by atoms with Crippen molar-refractivity contribution in [3.05, 3.63) is 29.8 Å². The zero-order chi connectivity index (χ0) is 12.3. The molecule has 2 atom stereocenters. The van der Waals surface area contributed by atoms with E-state index < -0.39 is 0 Å². The van der Waals surface area contributed by atoms with Gasteiger partial charge in [-0.2, -0.15) is 11.8 Å². The minimum absolute atomic E-state index is 0.0154. The van der Waals surface area contributed by atoms with Crippen molar-refractivity contribution in [1.29, 1.82) is 0 Å². The molecule has 0 aliphatic carbocycles. The van der Waals surface area contributed by atoms with E-state index in [1.807, 2.05) is 24.3 Å². The molecule has 0 unspecified atom stereocenters. The summed E-state index contributed by atoms with van der Waals surface area (Å²) in [6.07, 6.45) is 0. The van der Waals surface area contributed by atoms with E-state index >= 15 is 0 Å². The van der Waals surface area contributed by atoms with Crippen LogP contribution in [-0.4, -0.2) is 31.7 Å². The van der Waals surface area contributed by atoms with E-state index in [0.717, 1.165) is 17.3 Å². The Kier molecular flexibility index (Phi) is 3.94. The van der Waals surface area contributed by atoms with Crippen molar-refractivity contribution < 1.29 is 14.3 Å². The first-order valence-electron chi connectivity index (χ1n) is 5.55. The molecule has 1 aromatic rings. The molecule has 1 heterocycles. The van der Waals surface area contributed by atoms with Crippen LogP contribution in [0.3, 0.4) is 0 Å². The van der Waals surface area contributed by atoms with Gasteiger partial charge in [-0.3, -0.25) is 4.79 Å². The van der Waals surface area contributed by atoms with Gasteiger partial charge < -0.3 is 9.47 Å². The van der Waals surface area contributed by atoms with Gasteiger partial charge in [-0.25, -0.2) is 0 Å². The Morgan fingerprint density at radius 1 is 1.24 bits per heavy atom. The van der Waals surface area contributed by atoms with Crippen LogP contribution in [0.25, 0.3) is 0 Å². The predicted molar refractivity (Wildman–Crippen MR) is 68.6 cm³/mol. The van der Waals surface area contributed by atoms with E-state index in [2.05, 4.69) is 0 Å². The molecule has 4 heteroatoms. The van der Waals surface area contributed by atoms with Crippen LogP contribution in [0.15, 0.2) is 24.3 Å². The summed E-state index contributed by atoms with van der Waals surface area (Å²) in [6, 6.07) is 7.94. The van der Waals surface area contributed by atoms with Gasteiger partial charge in [-0.05, 0) is 17.7 Å². The molecule has 0 radical (unpaired) electrons. The molecule has 1 fully saturated rings. The topological polar surface area (TPSA) is 35.5 Å². The van der Waals surface area contributed by atoms with Crippen molar-refractivity contribution in [2.75, 3.05) is 25.7 Å². The number of methoxy groups -OCH3 is 2. The number of esters is 1. The summed E-state index contributed by atoms with van der Waals surface area (Å²) >= 11 is 1.81. The minimum Gasteiger partial charge on any atom is -0.497 e. The number of rotatable bonds is 3. The van der Waals surface area contributed by atoms with Crippen LogP contribution in [-0.2, 0) is 9.53 Å². The average Bonchev–Trinajstić information content (AvgIpc) is 2.87. The molecular formula is C13H16O3S. The lowest BCUT2D eigenvalue weighted by Crippen LogP contribution is -2.22. The van der Waals surface area contributed by atoms with Crippen molar-refractivity contribution in [3.8, 4) is 5.75 Å². The maximum Gasteiger partial charge on any atom is 0.310 e. The average molecular weight is 252 g/mol. The monoisotopic (exact) mass is 252 g/mol. The summed E-state index contributed by atoms with van der Waals surface area (Å²) in [6.45, 7) is 0. The fraction of sp³-hybridized carbons (Fsp3) is 0.462. The highest BCUT2D eigenvalue weighted by molar-refractivity contribution is 7.99. The summed E-state index contributed by atoms with van der Waals surface area (Å²) in [5, 5.41) is 0. The number of thioether (sulfide) groups is 1. The Bertz CT molecular complexity index is 388. The van der Waals surface area contributed by atoms with Crippen molar-refractivity contribution in [3.63, 3.8) is 0 Å². The van der Waals surface area contributed by atoms with E-state index in [4.69, 9.17) is 9.47 Å². The second kappa shape index (κ2) is 5.45. The van der Waals surface area contributed by atoms with Crippen molar-refractivity contribution >= 4 is 17.7 Å². The number of hydrogen-bond donors (Lipinski definition) is 0. The molecule has 3 nitrogen and oxygen atoms in total. The van der Waals surface area contributed by atoms with Crippen LogP contribution < -0.4 is 4.74 Å². The van der Waals surface area contributed by atoms with Crippen LogP contribution in [0.1, 0.15) is 11.5 Å². The number of benzene rings is 1. The van der Waals surface area contributed by atoms with E-state index in [1.54, 1.807) is 18.9 Å². The molecule has 1 aliphatic heterocycles. The Hall–Kier alpha value is -1.16. The number of hydrogen-bond acceptors (Lipinski definition) is 4. The Labute approximate surface area is 105 Å². The maximum absolute atomic E-state index is 11.7. The third-order valence-electron chi connectivity index (χ3n) is 3.13. The van der Waals surface area contributed by atoms with Gasteiger partial charge in [0, 0.05) is 17.4 Å². The zero-order valence-corrected chi connectivity index (χ0v) is 10.8. The molecule has 2 rings (SSSR count). The summed E-state index contributed by atoms with van der Waals surface area (Å²) in [5.41, 5.74) is 1.19. The molecule has 0 bridgehead atoms. The zero-order valence-electron chi connectivity index (χ0n) is 10.0. The highest BCUT2D eigenvalue weighted by atomic mass is 32.2. The predicted octanol–water partition coefficient (Wildman–Crippen LogP) is 2.31. The molecule has 92 valence electrons. The normalized spacial score (nSPS) is 23.4. The lowest BCUT2D eigenvalue weighted by molar-refractivity contribution is -0.145. The molecule has 0 N–H and O–H groups in total. The molecule has 0 saturated carbocycles. The number of ether oxygens (including phenoxy) is 2. The second-order valence-corrected chi connectivity index (χ2v) is 5.12. The molecule has 0 amide bonds. The van der Waals surface area contributed by atoms with Crippen LogP contribution >= 0.6 is 11.8 Å². The molecule has 1 aromatic carbocycles. The number of carbonyl (C=O) groups is 1. The molecule has 0 spiro atoms. The van der Waals surface area contributed by atoms with Crippen molar-refractivity contribution in [2.24, 2.45) is 5.92 Å². The van der Waals surface area contributed by atoms with Crippen LogP contribution in [0.4, 0.5) is 0 Å². The molecule has 0 aromatic heterocycles. The fourth-order valence-electron chi connectivity index (χ4n) is 2.12. The molecular weight excluding hydrogens is 236 g/mol. The van der Waals surface area contributed by atoms with Crippen molar-refractivity contribution in [2.45, 2.75) is 5.92 Å². The first-order valence-corrected chi connectivity index (χ1v) is 6.71. The van der Waals surface area contributed by atoms with E-state index in [9.17, 15) is 4.79 Å². The second-order valence-electron chi connectivity index (χ2n) is 4.05. The first-order chi connectivity index (χ1) is 8.26. The summed E-state index contributed by atoms with van der Waals surface area (Å²) in [7, 11) is 3.11. The smallest absolute Gasteiger partial charge is 0.310 e. The van der Waals surface area contributed by atoms with Gasteiger partial charge in [-0.1, -0.05) is 12.1 Å². The third-order valence-corrected chi connectivity index (χ3v) is 4.32. The SMILES string of the molecule is COC(=O)[C@@H]1CSC[C@H]1c1ccc(OC)cc1. The highest BCUT2D eigenvalue weighted by Gasteiger charge is 2.35. The third kappa shape index (κ3) is 2.57. The Morgan fingerprint density at radius 3 is 2.53 bits per heavy atom. The Balaban J connectivity index is 2.17. The van der Waals surface area contributed by atoms with Gasteiger partial charge in [0.05, 0.1) is 20.1 Å². The van der Waals surface area contributed by atoms with E-state index in [-0.39, 0.29) is 17.8 Å². The lowest BCUT2D eigenvalue weighted by atomic mass is 9.89. The molecule has 17 heavy (non-hydrogen) atoms. The first kappa shape index (κ1) is 12.3. The van der Waals surface area contributed by atoms with Gasteiger partial charge >= 0.3 is 5.97 Å². The van der Waals surface area contributed by atoms with E-state index in [1.165, 1.54) is 12.7 Å². The van der Waals surface area contributed by atoms with Gasteiger partial charge in [-0.15, -0.1) is 0 Å². The van der Waals surface area contributed by atoms with Gasteiger partial charge in [0.2, 0.25) is 0 Å². The van der Waals surface area contributed by atoms with Crippen LogP contribution in [0.2, 0.25) is 0 Å². The van der Waals surface area contributed by atoms with Crippen LogP contribution in [0.5, 0.6) is 5.75 Å². The lowest BCUT2D eigenvalue weighted by Gasteiger charge is -2.17. The summed E-state index contributed by atoms with van der Waals surface area (Å²) < 4.78 is 9.98. The maximum atomic E-state index is 11.7. The highest BCUT2D eigenvalue weighted by Crippen LogP contribution is 2.38. The molecule has 1 aliphatic rings. The van der Waals surface area contributed by atoms with Gasteiger partial charge in [0.25, 0.3) is 0 Å². The van der Waals surface area contributed by atoms with Crippen molar-refractivity contribution in [1.82, 2.24) is 0 Å². The Morgan fingerprint density at radius 2 is 1.94 bits per heavy atom. The van der Waals surface area contributed by atoms with E-state index in [0.29, 0.717) is 0 Å². The quantitative estimate of drug-likeness (QED) is 0.773.